The molecule has 16 heavy (non-hydrogen) atoms. The molecule has 0 radical (unpaired) electrons. The van der Waals surface area contributed by atoms with Crippen LogP contribution in [-0.2, 0) is 0 Å². The molecule has 2 aromatic rings. The molecule has 0 bridgehead atoms. The van der Waals surface area contributed by atoms with Gasteiger partial charge < -0.3 is 15.8 Å². The predicted molar refractivity (Wildman–Crippen MR) is 60.3 cm³/mol. The first-order valence-corrected chi connectivity index (χ1v) is 4.92. The number of aromatic nitrogens is 2. The average molecular weight is 220 g/mol. The molecule has 84 valence electrons. The van der Waals surface area contributed by atoms with Crippen molar-refractivity contribution >= 4 is 17.2 Å². The van der Waals surface area contributed by atoms with Crippen molar-refractivity contribution in [2.75, 3.05) is 5.73 Å². The Labute approximate surface area is 91.9 Å². The Morgan fingerprint density at radius 1 is 1.50 bits per heavy atom. The number of pyridine rings is 1. The molecule has 0 saturated heterocycles. The number of nitrogen functional groups attached to an aromatic ring is 1. The van der Waals surface area contributed by atoms with E-state index in [4.69, 9.17) is 5.73 Å². The third-order valence-corrected chi connectivity index (χ3v) is 2.36. The van der Waals surface area contributed by atoms with Gasteiger partial charge in [-0.25, -0.2) is 4.98 Å². The number of nitro groups is 1. The molecule has 2 N–H and O–H groups in total. The van der Waals surface area contributed by atoms with E-state index in [-0.39, 0.29) is 11.7 Å². The van der Waals surface area contributed by atoms with Gasteiger partial charge in [-0.3, -0.25) is 0 Å². The van der Waals surface area contributed by atoms with Crippen LogP contribution in [0.2, 0.25) is 0 Å². The van der Waals surface area contributed by atoms with E-state index >= 15 is 0 Å². The third kappa shape index (κ3) is 1.48. The Kier molecular flexibility index (Phi) is 2.26. The Morgan fingerprint density at radius 2 is 2.19 bits per heavy atom. The van der Waals surface area contributed by atoms with E-state index in [1.165, 1.54) is 10.6 Å². The van der Waals surface area contributed by atoms with Crippen molar-refractivity contribution < 1.29 is 4.92 Å². The lowest BCUT2D eigenvalue weighted by molar-refractivity contribution is -0.391. The van der Waals surface area contributed by atoms with Crippen LogP contribution in [0.5, 0.6) is 0 Å². The van der Waals surface area contributed by atoms with Crippen LogP contribution in [0.25, 0.3) is 5.65 Å². The number of fused-ring (bicyclic) bond motifs is 1. The van der Waals surface area contributed by atoms with Crippen LogP contribution in [0.15, 0.2) is 18.3 Å². The quantitative estimate of drug-likeness (QED) is 0.619. The molecule has 2 heterocycles. The molecular formula is C10H12N4O2. The van der Waals surface area contributed by atoms with E-state index in [9.17, 15) is 10.1 Å². The molecule has 0 spiro atoms. The van der Waals surface area contributed by atoms with Crippen LogP contribution < -0.4 is 5.73 Å². The van der Waals surface area contributed by atoms with E-state index < -0.39 is 4.92 Å². The number of hydrogen-bond acceptors (Lipinski definition) is 4. The van der Waals surface area contributed by atoms with E-state index in [1.54, 1.807) is 12.1 Å². The van der Waals surface area contributed by atoms with Crippen molar-refractivity contribution in [3.05, 3.63) is 34.1 Å². The first kappa shape index (κ1) is 10.4. The van der Waals surface area contributed by atoms with Crippen LogP contribution in [0.4, 0.5) is 11.5 Å². The fraction of sp³-hybridized carbons (Fsp3) is 0.300. The van der Waals surface area contributed by atoms with Gasteiger partial charge in [0.2, 0.25) is 5.65 Å². The van der Waals surface area contributed by atoms with Crippen molar-refractivity contribution in [1.82, 2.24) is 9.38 Å². The van der Waals surface area contributed by atoms with Crippen molar-refractivity contribution in [2.24, 2.45) is 0 Å². The fourth-order valence-corrected chi connectivity index (χ4v) is 1.64. The highest BCUT2D eigenvalue weighted by Crippen LogP contribution is 2.27. The van der Waals surface area contributed by atoms with Crippen LogP contribution in [0.1, 0.15) is 25.5 Å². The van der Waals surface area contributed by atoms with Gasteiger partial charge in [0, 0.05) is 12.0 Å². The first-order valence-electron chi connectivity index (χ1n) is 4.92. The standard InChI is InChI=1S/C10H12N4O2/c1-6(2)9-10(14(15)16)13-5-7(11)3-4-8(13)12-9/h3-6H,11H2,1-2H3. The minimum atomic E-state index is -0.422. The van der Waals surface area contributed by atoms with Gasteiger partial charge in [-0.1, -0.05) is 13.8 Å². The molecule has 2 aromatic heterocycles. The zero-order chi connectivity index (χ0) is 11.9. The molecule has 6 nitrogen and oxygen atoms in total. The number of rotatable bonds is 2. The van der Waals surface area contributed by atoms with Gasteiger partial charge in [0.15, 0.2) is 0 Å². The lowest BCUT2D eigenvalue weighted by atomic mass is 10.1. The number of hydrogen-bond donors (Lipinski definition) is 1. The van der Waals surface area contributed by atoms with Gasteiger partial charge in [0.1, 0.15) is 11.9 Å². The summed E-state index contributed by atoms with van der Waals surface area (Å²) in [5, 5.41) is 11.0. The molecule has 0 atom stereocenters. The van der Waals surface area contributed by atoms with Gasteiger partial charge in [-0.15, -0.1) is 0 Å². The van der Waals surface area contributed by atoms with Gasteiger partial charge in [0.25, 0.3) is 0 Å². The second kappa shape index (κ2) is 3.48. The summed E-state index contributed by atoms with van der Waals surface area (Å²) in [6.45, 7) is 3.75. The molecule has 6 heteroatoms. The highest BCUT2D eigenvalue weighted by molar-refractivity contribution is 5.54. The Morgan fingerprint density at radius 3 is 2.75 bits per heavy atom. The highest BCUT2D eigenvalue weighted by Gasteiger charge is 2.24. The van der Waals surface area contributed by atoms with Crippen LogP contribution in [-0.4, -0.2) is 14.3 Å². The smallest absolute Gasteiger partial charge is 0.351 e. The van der Waals surface area contributed by atoms with Crippen molar-refractivity contribution in [3.8, 4) is 0 Å². The van der Waals surface area contributed by atoms with E-state index in [0.29, 0.717) is 17.0 Å². The molecule has 0 unspecified atom stereocenters. The van der Waals surface area contributed by atoms with Crippen molar-refractivity contribution in [3.63, 3.8) is 0 Å². The van der Waals surface area contributed by atoms with Gasteiger partial charge in [-0.2, -0.15) is 4.40 Å². The Balaban J connectivity index is 2.82. The number of nitrogens with two attached hydrogens (primary N) is 1. The molecule has 0 aliphatic rings. The van der Waals surface area contributed by atoms with Crippen molar-refractivity contribution in [1.29, 1.82) is 0 Å². The van der Waals surface area contributed by atoms with Crippen LogP contribution in [0.3, 0.4) is 0 Å². The maximum Gasteiger partial charge on any atom is 0.351 e. The predicted octanol–water partition coefficient (Wildman–Crippen LogP) is 1.95. The van der Waals surface area contributed by atoms with Crippen LogP contribution in [0, 0.1) is 10.1 Å². The van der Waals surface area contributed by atoms with E-state index in [1.807, 2.05) is 13.8 Å². The first-order chi connectivity index (χ1) is 7.50. The minimum Gasteiger partial charge on any atom is -0.396 e. The van der Waals surface area contributed by atoms with E-state index in [0.717, 1.165) is 0 Å². The molecule has 0 fully saturated rings. The lowest BCUT2D eigenvalue weighted by Crippen LogP contribution is -1.99. The molecule has 2 rings (SSSR count). The maximum absolute atomic E-state index is 11.0. The summed E-state index contributed by atoms with van der Waals surface area (Å²) in [6, 6.07) is 3.35. The van der Waals surface area contributed by atoms with Crippen LogP contribution >= 0.6 is 0 Å². The van der Waals surface area contributed by atoms with Gasteiger partial charge in [0.05, 0.1) is 5.69 Å². The maximum atomic E-state index is 11.0. The summed E-state index contributed by atoms with van der Waals surface area (Å²) in [5.74, 6) is -0.00109. The summed E-state index contributed by atoms with van der Waals surface area (Å²) in [6.07, 6.45) is 1.52. The molecule has 0 aliphatic heterocycles. The second-order valence-corrected chi connectivity index (χ2v) is 3.92. The molecule has 0 aliphatic carbocycles. The zero-order valence-corrected chi connectivity index (χ0v) is 9.04. The number of imidazole rings is 1. The Bertz CT molecular complexity index is 559. The van der Waals surface area contributed by atoms with E-state index in [2.05, 4.69) is 4.98 Å². The monoisotopic (exact) mass is 220 g/mol. The lowest BCUT2D eigenvalue weighted by Gasteiger charge is -2.00. The minimum absolute atomic E-state index is 0.00141. The summed E-state index contributed by atoms with van der Waals surface area (Å²) in [5.41, 5.74) is 7.11. The van der Waals surface area contributed by atoms with Gasteiger partial charge in [-0.05, 0) is 11.0 Å². The second-order valence-electron chi connectivity index (χ2n) is 3.92. The average Bonchev–Trinajstić information content (AvgIpc) is 2.55. The number of nitrogens with zero attached hydrogens (tertiary/aromatic N) is 3. The normalized spacial score (nSPS) is 11.2. The molecule has 0 aromatic carbocycles. The SMILES string of the molecule is CC(C)c1nc2ccc(N)cn2c1[N+](=O)[O-]. The van der Waals surface area contributed by atoms with Crippen molar-refractivity contribution in [2.45, 2.75) is 19.8 Å². The fourth-order valence-electron chi connectivity index (χ4n) is 1.64. The number of anilines is 1. The molecule has 0 saturated carbocycles. The zero-order valence-electron chi connectivity index (χ0n) is 9.04. The topological polar surface area (TPSA) is 86.5 Å². The third-order valence-electron chi connectivity index (χ3n) is 2.36. The molecule has 0 amide bonds. The van der Waals surface area contributed by atoms with Gasteiger partial charge >= 0.3 is 5.82 Å². The summed E-state index contributed by atoms with van der Waals surface area (Å²) < 4.78 is 1.42. The highest BCUT2D eigenvalue weighted by atomic mass is 16.6. The summed E-state index contributed by atoms with van der Waals surface area (Å²) >= 11 is 0. The largest absolute Gasteiger partial charge is 0.396 e. The summed E-state index contributed by atoms with van der Waals surface area (Å²) in [4.78, 5) is 14.8. The summed E-state index contributed by atoms with van der Waals surface area (Å²) in [7, 11) is 0. The Hall–Kier alpha value is -2.11. The molecular weight excluding hydrogens is 208 g/mol.